The van der Waals surface area contributed by atoms with E-state index in [0.717, 1.165) is 17.8 Å². The van der Waals surface area contributed by atoms with Crippen LogP contribution in [0.25, 0.3) is 0 Å². The third kappa shape index (κ3) is 1.80. The first-order chi connectivity index (χ1) is 8.77. The Morgan fingerprint density at radius 3 is 2.11 bits per heavy atom. The van der Waals surface area contributed by atoms with Crippen LogP contribution >= 0.6 is 0 Å². The summed E-state index contributed by atoms with van der Waals surface area (Å²) in [6, 6.07) is 1.16. The second-order valence-corrected chi connectivity index (χ2v) is 7.19. The van der Waals surface area contributed by atoms with Crippen LogP contribution in [-0.4, -0.2) is 22.9 Å². The molecule has 2 nitrogen and oxygen atoms in total. The summed E-state index contributed by atoms with van der Waals surface area (Å²) in [4.78, 5) is 15.2. The summed E-state index contributed by atoms with van der Waals surface area (Å²) in [6.07, 6.45) is 10.6. The van der Waals surface area contributed by atoms with Crippen molar-refractivity contribution in [2.75, 3.05) is 0 Å². The Morgan fingerprint density at radius 1 is 1.00 bits per heavy atom. The number of hydrogen-bond acceptors (Lipinski definition) is 1. The van der Waals surface area contributed by atoms with Gasteiger partial charge in [-0.25, -0.2) is 0 Å². The average molecular weight is 247 g/mol. The summed E-state index contributed by atoms with van der Waals surface area (Å²) in [6.45, 7) is 2.31. The first kappa shape index (κ1) is 11.3. The number of hydrogen-bond donors (Lipinski definition) is 0. The van der Waals surface area contributed by atoms with Crippen LogP contribution in [0.3, 0.4) is 0 Å². The van der Waals surface area contributed by atoms with Crippen LogP contribution in [-0.2, 0) is 4.79 Å². The molecule has 0 aromatic rings. The Labute approximate surface area is 110 Å². The van der Waals surface area contributed by atoms with Gasteiger partial charge in [-0.15, -0.1) is 0 Å². The molecular formula is C16H25NO. The predicted octanol–water partition coefficient (Wildman–Crippen LogP) is 3.21. The maximum atomic E-state index is 12.9. The van der Waals surface area contributed by atoms with Crippen LogP contribution in [0.4, 0.5) is 0 Å². The second kappa shape index (κ2) is 3.98. The molecule has 0 aromatic heterocycles. The van der Waals surface area contributed by atoms with Gasteiger partial charge in [0.25, 0.3) is 0 Å². The van der Waals surface area contributed by atoms with Gasteiger partial charge in [-0.05, 0) is 63.2 Å². The zero-order valence-corrected chi connectivity index (χ0v) is 11.5. The van der Waals surface area contributed by atoms with E-state index in [2.05, 4.69) is 11.8 Å². The molecule has 4 fully saturated rings. The highest BCUT2D eigenvalue weighted by atomic mass is 16.2. The van der Waals surface area contributed by atoms with Gasteiger partial charge < -0.3 is 4.90 Å². The Morgan fingerprint density at radius 2 is 1.61 bits per heavy atom. The number of nitrogens with zero attached hydrogens (tertiary/aromatic N) is 1. The molecule has 4 saturated carbocycles. The maximum absolute atomic E-state index is 12.9. The zero-order valence-electron chi connectivity index (χ0n) is 11.5. The molecule has 0 radical (unpaired) electrons. The SMILES string of the molecule is CC(C1CC1)N(C(=O)C1C2CCCCC21)C1CC1. The van der Waals surface area contributed by atoms with E-state index in [0.29, 0.717) is 23.9 Å². The largest absolute Gasteiger partial charge is 0.336 e. The molecule has 3 atom stereocenters. The molecule has 0 saturated heterocycles. The molecule has 100 valence electrons. The Bertz CT molecular complexity index is 346. The van der Waals surface area contributed by atoms with Gasteiger partial charge in [0.15, 0.2) is 0 Å². The minimum atomic E-state index is 0.439. The van der Waals surface area contributed by atoms with Crippen molar-refractivity contribution in [2.24, 2.45) is 23.7 Å². The van der Waals surface area contributed by atoms with Crippen molar-refractivity contribution in [3.05, 3.63) is 0 Å². The van der Waals surface area contributed by atoms with E-state index in [4.69, 9.17) is 0 Å². The molecule has 4 aliphatic rings. The van der Waals surface area contributed by atoms with Gasteiger partial charge in [-0.2, -0.15) is 0 Å². The van der Waals surface area contributed by atoms with Crippen LogP contribution in [0.2, 0.25) is 0 Å². The summed E-state index contributed by atoms with van der Waals surface area (Å²) in [7, 11) is 0. The number of fused-ring (bicyclic) bond motifs is 1. The number of carbonyl (C=O) groups excluding carboxylic acids is 1. The molecule has 0 N–H and O–H groups in total. The highest BCUT2D eigenvalue weighted by molar-refractivity contribution is 5.83. The van der Waals surface area contributed by atoms with Crippen molar-refractivity contribution >= 4 is 5.91 Å². The van der Waals surface area contributed by atoms with E-state index in [1.54, 1.807) is 0 Å². The van der Waals surface area contributed by atoms with Crippen molar-refractivity contribution in [2.45, 2.75) is 70.4 Å². The van der Waals surface area contributed by atoms with E-state index in [1.807, 2.05) is 0 Å². The second-order valence-electron chi connectivity index (χ2n) is 7.19. The molecular weight excluding hydrogens is 222 g/mol. The van der Waals surface area contributed by atoms with Gasteiger partial charge in [0.05, 0.1) is 0 Å². The Hall–Kier alpha value is -0.530. The summed E-state index contributed by atoms with van der Waals surface area (Å²) >= 11 is 0. The lowest BCUT2D eigenvalue weighted by atomic mass is 10.0. The molecule has 0 aromatic carbocycles. The minimum Gasteiger partial charge on any atom is -0.336 e. The third-order valence-electron chi connectivity index (χ3n) is 5.88. The monoisotopic (exact) mass is 247 g/mol. The first-order valence-corrected chi connectivity index (χ1v) is 8.09. The van der Waals surface area contributed by atoms with E-state index in [-0.39, 0.29) is 0 Å². The quantitative estimate of drug-likeness (QED) is 0.747. The topological polar surface area (TPSA) is 20.3 Å². The fourth-order valence-electron chi connectivity index (χ4n) is 4.40. The van der Waals surface area contributed by atoms with Crippen molar-refractivity contribution in [1.82, 2.24) is 4.90 Å². The van der Waals surface area contributed by atoms with Crippen LogP contribution < -0.4 is 0 Å². The van der Waals surface area contributed by atoms with Gasteiger partial charge in [0.1, 0.15) is 0 Å². The van der Waals surface area contributed by atoms with Crippen molar-refractivity contribution in [1.29, 1.82) is 0 Å². The van der Waals surface area contributed by atoms with Gasteiger partial charge >= 0.3 is 0 Å². The lowest BCUT2D eigenvalue weighted by Crippen LogP contribution is -2.43. The Kier molecular flexibility index (Phi) is 2.50. The van der Waals surface area contributed by atoms with Crippen LogP contribution in [0.1, 0.15) is 58.3 Å². The Balaban J connectivity index is 1.47. The highest BCUT2D eigenvalue weighted by Crippen LogP contribution is 2.57. The first-order valence-electron chi connectivity index (χ1n) is 8.09. The fourth-order valence-corrected chi connectivity index (χ4v) is 4.40. The highest BCUT2D eigenvalue weighted by Gasteiger charge is 2.57. The molecule has 18 heavy (non-hydrogen) atoms. The van der Waals surface area contributed by atoms with Gasteiger partial charge in [-0.1, -0.05) is 12.8 Å². The van der Waals surface area contributed by atoms with Crippen molar-refractivity contribution in [3.8, 4) is 0 Å². The maximum Gasteiger partial charge on any atom is 0.226 e. The summed E-state index contributed by atoms with van der Waals surface area (Å²) < 4.78 is 0. The number of rotatable bonds is 4. The van der Waals surface area contributed by atoms with Crippen LogP contribution in [0.5, 0.6) is 0 Å². The minimum absolute atomic E-state index is 0.439. The summed E-state index contributed by atoms with van der Waals surface area (Å²) in [5.74, 6) is 3.37. The van der Waals surface area contributed by atoms with Crippen molar-refractivity contribution < 1.29 is 4.79 Å². The van der Waals surface area contributed by atoms with E-state index in [9.17, 15) is 4.79 Å². The van der Waals surface area contributed by atoms with Gasteiger partial charge in [0.2, 0.25) is 5.91 Å². The lowest BCUT2D eigenvalue weighted by Gasteiger charge is -2.30. The van der Waals surface area contributed by atoms with Crippen LogP contribution in [0, 0.1) is 23.7 Å². The predicted molar refractivity (Wildman–Crippen MR) is 71.0 cm³/mol. The molecule has 3 unspecified atom stereocenters. The molecule has 4 aliphatic carbocycles. The third-order valence-corrected chi connectivity index (χ3v) is 5.88. The smallest absolute Gasteiger partial charge is 0.226 e. The molecule has 0 spiro atoms. The normalized spacial score (nSPS) is 39.9. The number of carbonyl (C=O) groups is 1. The lowest BCUT2D eigenvalue weighted by molar-refractivity contribution is -0.136. The average Bonchev–Trinajstić information content (AvgIpc) is 3.25. The standard InChI is InChI=1S/C16H25NO/c1-10(11-6-7-11)17(12-8-9-12)16(18)15-13-4-2-3-5-14(13)15/h10-15H,2-9H2,1H3. The van der Waals surface area contributed by atoms with Crippen LogP contribution in [0.15, 0.2) is 0 Å². The fraction of sp³-hybridized carbons (Fsp3) is 0.938. The molecule has 1 amide bonds. The molecule has 0 bridgehead atoms. The molecule has 4 rings (SSSR count). The molecule has 0 heterocycles. The summed E-state index contributed by atoms with van der Waals surface area (Å²) in [5.41, 5.74) is 0. The summed E-state index contributed by atoms with van der Waals surface area (Å²) in [5, 5.41) is 0. The molecule has 2 heteroatoms. The van der Waals surface area contributed by atoms with Gasteiger partial charge in [-0.3, -0.25) is 4.79 Å². The number of amides is 1. The van der Waals surface area contributed by atoms with Gasteiger partial charge in [0, 0.05) is 18.0 Å². The van der Waals surface area contributed by atoms with E-state index >= 15 is 0 Å². The van der Waals surface area contributed by atoms with E-state index in [1.165, 1.54) is 51.4 Å². The zero-order chi connectivity index (χ0) is 12.3. The van der Waals surface area contributed by atoms with E-state index < -0.39 is 0 Å². The van der Waals surface area contributed by atoms with Crippen molar-refractivity contribution in [3.63, 3.8) is 0 Å². The molecule has 0 aliphatic heterocycles.